The number of fused-ring (bicyclic) bond motifs is 2. The predicted octanol–water partition coefficient (Wildman–Crippen LogP) is 2.49. The van der Waals surface area contributed by atoms with Crippen LogP contribution < -0.4 is 22.7 Å². The minimum absolute atomic E-state index is 0.102. The maximum absolute atomic E-state index is 13.8. The number of hydrogen-bond acceptors (Lipinski definition) is 8. The summed E-state index contributed by atoms with van der Waals surface area (Å²) in [6, 6.07) is 13.5. The van der Waals surface area contributed by atoms with Crippen LogP contribution in [0.3, 0.4) is 0 Å². The van der Waals surface area contributed by atoms with E-state index in [2.05, 4.69) is 20.2 Å². The van der Waals surface area contributed by atoms with Crippen molar-refractivity contribution < 1.29 is 28.7 Å². The summed E-state index contributed by atoms with van der Waals surface area (Å²) >= 11 is 0. The van der Waals surface area contributed by atoms with Crippen LogP contribution in [0.15, 0.2) is 58.5 Å². The van der Waals surface area contributed by atoms with E-state index in [4.69, 9.17) is 16.2 Å². The standard InChI is InChI=1S/C43H53N13O6/c1-7-55-35(21-26(3)48-55)40(60)46-42-50(5)33-23-28(38(44)58)11-13-31(33)53(42)19-15-30(62-25-37(57)52-17-9-10-18-52)16-20-54-32-14-12-29(39(45)59)24-34(32)51(6)43(54)47-41(61)36-22-27(4)49-56(36)8-2/h11-14,21-24,30H,7-10,15-20,25H2,1-6H3,(H2,44,58)(H2,45,59). The zero-order valence-electron chi connectivity index (χ0n) is 36.0. The molecule has 1 aliphatic rings. The SMILES string of the molecule is CCn1nc(C)cc1C(=O)N=c1n(C)c2cc(C(N)=O)ccc2n1CCC(CCn1c(=NC(=O)c2cc(C)nn2CC)n(C)c2cc(C(N)=O)ccc21)OCC(=O)N1CCCC1. The van der Waals surface area contributed by atoms with Crippen molar-refractivity contribution in [1.29, 1.82) is 0 Å². The second kappa shape index (κ2) is 18.0. The van der Waals surface area contributed by atoms with Crippen LogP contribution in [-0.4, -0.2) is 98.1 Å². The number of primary amides is 2. The van der Waals surface area contributed by atoms with Crippen molar-refractivity contribution in [2.24, 2.45) is 35.5 Å². The number of aryl methyl sites for hydroxylation is 8. The van der Waals surface area contributed by atoms with Gasteiger partial charge in [0.2, 0.25) is 29.0 Å². The van der Waals surface area contributed by atoms with Gasteiger partial charge in [-0.15, -0.1) is 0 Å². The van der Waals surface area contributed by atoms with E-state index < -0.39 is 29.7 Å². The number of nitrogens with two attached hydrogens (primary N) is 2. The summed E-state index contributed by atoms with van der Waals surface area (Å²) < 4.78 is 17.0. The fourth-order valence-electron chi connectivity index (χ4n) is 8.17. The third-order valence-corrected chi connectivity index (χ3v) is 11.4. The average Bonchev–Trinajstić information content (AvgIpc) is 4.09. The van der Waals surface area contributed by atoms with Gasteiger partial charge >= 0.3 is 0 Å². The Morgan fingerprint density at radius 2 is 1.11 bits per heavy atom. The molecule has 1 aliphatic heterocycles. The Morgan fingerprint density at radius 3 is 1.52 bits per heavy atom. The van der Waals surface area contributed by atoms with Crippen molar-refractivity contribution in [3.63, 3.8) is 0 Å². The lowest BCUT2D eigenvalue weighted by Gasteiger charge is -2.21. The first kappa shape index (κ1) is 43.2. The molecule has 6 aromatic rings. The Bertz CT molecular complexity index is 2700. The summed E-state index contributed by atoms with van der Waals surface area (Å²) in [5, 5.41) is 8.85. The number of amides is 5. The molecule has 4 aromatic heterocycles. The Labute approximate surface area is 356 Å². The van der Waals surface area contributed by atoms with Gasteiger partial charge in [0.15, 0.2) is 0 Å². The normalized spacial score (nSPS) is 14.1. The lowest BCUT2D eigenvalue weighted by molar-refractivity contribution is -0.137. The monoisotopic (exact) mass is 847 g/mol. The van der Waals surface area contributed by atoms with E-state index in [0.717, 1.165) is 12.8 Å². The number of aromatic nitrogens is 8. The lowest BCUT2D eigenvalue weighted by Crippen LogP contribution is -2.34. The molecular weight excluding hydrogens is 795 g/mol. The number of nitrogens with zero attached hydrogens (tertiary/aromatic N) is 11. The zero-order chi connectivity index (χ0) is 44.4. The van der Waals surface area contributed by atoms with Crippen LogP contribution in [0.25, 0.3) is 22.1 Å². The third kappa shape index (κ3) is 8.65. The van der Waals surface area contributed by atoms with Crippen LogP contribution in [0, 0.1) is 13.8 Å². The van der Waals surface area contributed by atoms with Gasteiger partial charge in [0.05, 0.1) is 39.6 Å². The summed E-state index contributed by atoms with van der Waals surface area (Å²) in [5.41, 5.74) is 17.3. The highest BCUT2D eigenvalue weighted by Gasteiger charge is 2.23. The summed E-state index contributed by atoms with van der Waals surface area (Å²) in [6.07, 6.45) is 2.09. The van der Waals surface area contributed by atoms with Gasteiger partial charge < -0.3 is 39.4 Å². The zero-order valence-corrected chi connectivity index (χ0v) is 36.0. The third-order valence-electron chi connectivity index (χ3n) is 11.4. The highest BCUT2D eigenvalue weighted by Crippen LogP contribution is 2.20. The van der Waals surface area contributed by atoms with Crippen LogP contribution in [0.2, 0.25) is 0 Å². The van der Waals surface area contributed by atoms with Gasteiger partial charge in [0.25, 0.3) is 11.8 Å². The molecule has 0 saturated carbocycles. The second-order valence-corrected chi connectivity index (χ2v) is 15.6. The molecule has 0 spiro atoms. The van der Waals surface area contributed by atoms with Crippen molar-refractivity contribution in [2.75, 3.05) is 19.7 Å². The van der Waals surface area contributed by atoms with Gasteiger partial charge in [-0.1, -0.05) is 0 Å². The molecular formula is C43H53N13O6. The summed E-state index contributed by atoms with van der Waals surface area (Å²) in [4.78, 5) is 76.5. The molecule has 19 nitrogen and oxygen atoms in total. The molecule has 0 aliphatic carbocycles. The van der Waals surface area contributed by atoms with Gasteiger partial charge in [-0.2, -0.15) is 20.2 Å². The van der Waals surface area contributed by atoms with Crippen LogP contribution in [-0.2, 0) is 49.8 Å². The average molecular weight is 848 g/mol. The molecule has 5 heterocycles. The Kier molecular flexibility index (Phi) is 12.5. The van der Waals surface area contributed by atoms with Gasteiger partial charge in [0.1, 0.15) is 18.0 Å². The molecule has 4 N–H and O–H groups in total. The van der Waals surface area contributed by atoms with Crippen molar-refractivity contribution in [3.05, 3.63) is 93.7 Å². The van der Waals surface area contributed by atoms with Crippen LogP contribution in [0.1, 0.15) is 92.6 Å². The number of carbonyl (C=O) groups is 5. The molecule has 0 unspecified atom stereocenters. The molecule has 62 heavy (non-hydrogen) atoms. The molecule has 5 amide bonds. The molecule has 0 atom stereocenters. The number of ether oxygens (including phenoxy) is 1. The first-order valence-electron chi connectivity index (χ1n) is 20.8. The van der Waals surface area contributed by atoms with E-state index in [1.807, 2.05) is 36.8 Å². The Balaban J connectivity index is 1.28. The maximum atomic E-state index is 13.8. The Morgan fingerprint density at radius 1 is 0.677 bits per heavy atom. The van der Waals surface area contributed by atoms with Crippen LogP contribution >= 0.6 is 0 Å². The van der Waals surface area contributed by atoms with E-state index in [1.54, 1.807) is 86.0 Å². The molecule has 7 rings (SSSR count). The molecule has 19 heteroatoms. The van der Waals surface area contributed by atoms with Crippen LogP contribution in [0.5, 0.6) is 0 Å². The highest BCUT2D eigenvalue weighted by atomic mass is 16.5. The van der Waals surface area contributed by atoms with Gasteiger partial charge in [-0.25, -0.2) is 0 Å². The Hall–Kier alpha value is -6.89. The van der Waals surface area contributed by atoms with Gasteiger partial charge in [-0.3, -0.25) is 33.3 Å². The first-order chi connectivity index (χ1) is 29.7. The van der Waals surface area contributed by atoms with Gasteiger partial charge in [-0.05, 0) is 102 Å². The van der Waals surface area contributed by atoms with E-state index in [1.165, 1.54) is 0 Å². The molecule has 2 aromatic carbocycles. The van der Waals surface area contributed by atoms with Gasteiger partial charge in [0, 0.05) is 64.5 Å². The minimum Gasteiger partial charge on any atom is -0.368 e. The summed E-state index contributed by atoms with van der Waals surface area (Å²) in [6.45, 7) is 10.2. The minimum atomic E-state index is -0.594. The predicted molar refractivity (Wildman–Crippen MR) is 229 cm³/mol. The maximum Gasteiger partial charge on any atom is 0.298 e. The molecule has 326 valence electrons. The van der Waals surface area contributed by atoms with Crippen molar-refractivity contribution in [1.82, 2.24) is 42.7 Å². The molecule has 1 saturated heterocycles. The van der Waals surface area contributed by atoms with E-state index >= 15 is 0 Å². The largest absolute Gasteiger partial charge is 0.368 e. The summed E-state index contributed by atoms with van der Waals surface area (Å²) in [5.74, 6) is -2.26. The number of hydrogen-bond donors (Lipinski definition) is 2. The van der Waals surface area contributed by atoms with Crippen molar-refractivity contribution in [2.45, 2.75) is 85.7 Å². The quantitative estimate of drug-likeness (QED) is 0.156. The second-order valence-electron chi connectivity index (χ2n) is 15.6. The number of imidazole rings is 2. The molecule has 0 bridgehead atoms. The molecule has 0 radical (unpaired) electrons. The van der Waals surface area contributed by atoms with E-state index in [9.17, 15) is 24.0 Å². The fraction of sp³-hybridized carbons (Fsp3) is 0.419. The first-order valence-corrected chi connectivity index (χ1v) is 20.8. The van der Waals surface area contributed by atoms with E-state index in [-0.39, 0.29) is 12.5 Å². The number of likely N-dealkylation sites (tertiary alicyclic amines) is 1. The number of benzene rings is 2. The lowest BCUT2D eigenvalue weighted by atomic mass is 10.1. The smallest absolute Gasteiger partial charge is 0.298 e. The molecule has 1 fully saturated rings. The van der Waals surface area contributed by atoms with Crippen molar-refractivity contribution in [3.8, 4) is 0 Å². The number of carbonyl (C=O) groups excluding carboxylic acids is 5. The van der Waals surface area contributed by atoms with Crippen molar-refractivity contribution >= 4 is 51.6 Å². The fourth-order valence-corrected chi connectivity index (χ4v) is 8.17. The topological polar surface area (TPSA) is 230 Å². The number of rotatable bonds is 15. The highest BCUT2D eigenvalue weighted by molar-refractivity contribution is 5.98. The van der Waals surface area contributed by atoms with E-state index in [0.29, 0.717) is 119 Å². The summed E-state index contributed by atoms with van der Waals surface area (Å²) in [7, 11) is 3.53. The van der Waals surface area contributed by atoms with Crippen LogP contribution in [0.4, 0.5) is 0 Å².